The predicted molar refractivity (Wildman–Crippen MR) is 135 cm³/mol. The van der Waals surface area contributed by atoms with E-state index in [1.807, 2.05) is 48.2 Å². The number of benzene rings is 2. The molecule has 35 heavy (non-hydrogen) atoms. The Morgan fingerprint density at radius 2 is 1.60 bits per heavy atom. The van der Waals surface area contributed by atoms with E-state index in [-0.39, 0.29) is 10.8 Å². The van der Waals surface area contributed by atoms with Crippen molar-refractivity contribution in [3.63, 3.8) is 0 Å². The van der Waals surface area contributed by atoms with Crippen LogP contribution in [-0.2, 0) is 14.8 Å². The summed E-state index contributed by atoms with van der Waals surface area (Å²) in [5.41, 5.74) is 2.29. The second-order valence-corrected chi connectivity index (χ2v) is 9.99. The molecule has 4 rings (SSSR count). The second-order valence-electron chi connectivity index (χ2n) is 8.05. The lowest BCUT2D eigenvalue weighted by atomic mass is 10.1. The third kappa shape index (κ3) is 5.77. The van der Waals surface area contributed by atoms with E-state index in [9.17, 15) is 13.2 Å². The first-order chi connectivity index (χ1) is 16.9. The number of piperazine rings is 1. The molecule has 1 aliphatic rings. The Bertz CT molecular complexity index is 1240. The van der Waals surface area contributed by atoms with Crippen LogP contribution in [0.4, 0.5) is 11.5 Å². The van der Waals surface area contributed by atoms with Crippen molar-refractivity contribution < 1.29 is 17.9 Å². The predicted octanol–water partition coefficient (Wildman–Crippen LogP) is 3.40. The fraction of sp³-hybridized carbons (Fsp3) is 0.320. The quantitative estimate of drug-likeness (QED) is 0.511. The van der Waals surface area contributed by atoms with Gasteiger partial charge in [0.2, 0.25) is 15.9 Å². The van der Waals surface area contributed by atoms with Crippen LogP contribution in [0, 0.1) is 0 Å². The average molecular weight is 496 g/mol. The Morgan fingerprint density at radius 3 is 2.17 bits per heavy atom. The number of amides is 1. The Hall–Kier alpha value is -3.50. The summed E-state index contributed by atoms with van der Waals surface area (Å²) in [6, 6.07) is 17.8. The smallest absolute Gasteiger partial charge is 0.243 e. The van der Waals surface area contributed by atoms with Crippen molar-refractivity contribution in [2.75, 3.05) is 43.0 Å². The van der Waals surface area contributed by atoms with E-state index in [1.54, 1.807) is 19.1 Å². The number of hydrogen-bond acceptors (Lipinski definition) is 7. The molecule has 1 amide bonds. The van der Waals surface area contributed by atoms with Crippen molar-refractivity contribution in [3.8, 4) is 17.0 Å². The number of nitrogens with zero attached hydrogens (tertiary/aromatic N) is 4. The fourth-order valence-corrected chi connectivity index (χ4v) is 5.22. The van der Waals surface area contributed by atoms with Gasteiger partial charge in [0.15, 0.2) is 5.82 Å². The van der Waals surface area contributed by atoms with Gasteiger partial charge in [-0.25, -0.2) is 8.42 Å². The molecule has 1 aromatic heterocycles. The summed E-state index contributed by atoms with van der Waals surface area (Å²) in [6.07, 6.45) is 0.360. The maximum Gasteiger partial charge on any atom is 0.243 e. The van der Waals surface area contributed by atoms with E-state index in [1.165, 1.54) is 16.4 Å². The summed E-state index contributed by atoms with van der Waals surface area (Å²) in [4.78, 5) is 13.8. The van der Waals surface area contributed by atoms with E-state index >= 15 is 0 Å². The zero-order valence-corrected chi connectivity index (χ0v) is 20.7. The Balaban J connectivity index is 1.37. The van der Waals surface area contributed by atoms with E-state index in [0.717, 1.165) is 17.0 Å². The third-order valence-corrected chi connectivity index (χ3v) is 7.68. The fourth-order valence-electron chi connectivity index (χ4n) is 3.80. The number of rotatable bonds is 8. The second kappa shape index (κ2) is 10.8. The zero-order chi connectivity index (χ0) is 24.8. The molecule has 0 spiro atoms. The van der Waals surface area contributed by atoms with Crippen LogP contribution in [0.5, 0.6) is 5.75 Å². The van der Waals surface area contributed by atoms with Crippen molar-refractivity contribution in [3.05, 3.63) is 60.7 Å². The van der Waals surface area contributed by atoms with Crippen molar-refractivity contribution in [1.29, 1.82) is 0 Å². The van der Waals surface area contributed by atoms with Gasteiger partial charge in [-0.05, 0) is 67.6 Å². The summed E-state index contributed by atoms with van der Waals surface area (Å²) in [7, 11) is -3.62. The van der Waals surface area contributed by atoms with Crippen LogP contribution >= 0.6 is 0 Å². The topological polar surface area (TPSA) is 105 Å². The van der Waals surface area contributed by atoms with Crippen LogP contribution in [-0.4, -0.2) is 61.6 Å². The normalized spacial score (nSPS) is 14.5. The molecule has 0 atom stereocenters. The summed E-state index contributed by atoms with van der Waals surface area (Å²) in [5.74, 6) is 1.41. The minimum Gasteiger partial charge on any atom is -0.494 e. The van der Waals surface area contributed by atoms with Crippen LogP contribution in [0.3, 0.4) is 0 Å². The molecule has 2 aromatic carbocycles. The number of anilines is 2. The van der Waals surface area contributed by atoms with Crippen LogP contribution in [0.25, 0.3) is 11.3 Å². The highest BCUT2D eigenvalue weighted by atomic mass is 32.2. The average Bonchev–Trinajstić information content (AvgIpc) is 2.90. The van der Waals surface area contributed by atoms with Crippen molar-refractivity contribution in [2.24, 2.45) is 0 Å². The van der Waals surface area contributed by atoms with Gasteiger partial charge in [-0.15, -0.1) is 10.2 Å². The lowest BCUT2D eigenvalue weighted by molar-refractivity contribution is -0.115. The van der Waals surface area contributed by atoms with Gasteiger partial charge in [0.05, 0.1) is 17.2 Å². The monoisotopic (exact) mass is 495 g/mol. The standard InChI is InChI=1S/C25H29N5O4S/c1-3-25(31)26-20-7-11-22(12-8-20)35(32,33)30-17-15-29(16-18-30)24-14-13-23(27-28-24)19-5-9-21(10-6-19)34-4-2/h5-14H,3-4,15-18H2,1-2H3,(H,26,31). The minimum absolute atomic E-state index is 0.118. The lowest BCUT2D eigenvalue weighted by Crippen LogP contribution is -2.49. The van der Waals surface area contributed by atoms with Gasteiger partial charge in [-0.2, -0.15) is 4.31 Å². The number of ether oxygens (including phenoxy) is 1. The van der Waals surface area contributed by atoms with E-state index < -0.39 is 10.0 Å². The molecule has 0 saturated carbocycles. The van der Waals surface area contributed by atoms with E-state index in [2.05, 4.69) is 15.5 Å². The molecule has 10 heteroatoms. The third-order valence-electron chi connectivity index (χ3n) is 5.77. The van der Waals surface area contributed by atoms with Gasteiger partial charge in [0.1, 0.15) is 5.75 Å². The number of hydrogen-bond donors (Lipinski definition) is 1. The molecule has 0 unspecified atom stereocenters. The van der Waals surface area contributed by atoms with Gasteiger partial charge in [0.25, 0.3) is 0 Å². The molecule has 1 N–H and O–H groups in total. The molecule has 184 valence electrons. The Labute approximate surface area is 205 Å². The first-order valence-electron chi connectivity index (χ1n) is 11.6. The van der Waals surface area contributed by atoms with Gasteiger partial charge in [-0.1, -0.05) is 6.92 Å². The van der Waals surface area contributed by atoms with Gasteiger partial charge in [0, 0.05) is 43.9 Å². The summed E-state index contributed by atoms with van der Waals surface area (Å²) in [5, 5.41) is 11.4. The first kappa shape index (κ1) is 24.6. The summed E-state index contributed by atoms with van der Waals surface area (Å²) >= 11 is 0. The van der Waals surface area contributed by atoms with Gasteiger partial charge in [-0.3, -0.25) is 4.79 Å². The minimum atomic E-state index is -3.62. The highest BCUT2D eigenvalue weighted by Crippen LogP contribution is 2.24. The number of aromatic nitrogens is 2. The molecular formula is C25H29N5O4S. The molecule has 3 aromatic rings. The van der Waals surface area contributed by atoms with Crippen molar-refractivity contribution in [1.82, 2.24) is 14.5 Å². The molecule has 0 bridgehead atoms. The number of nitrogens with one attached hydrogen (secondary N) is 1. The zero-order valence-electron chi connectivity index (χ0n) is 19.8. The molecule has 1 saturated heterocycles. The lowest BCUT2D eigenvalue weighted by Gasteiger charge is -2.34. The highest BCUT2D eigenvalue weighted by Gasteiger charge is 2.29. The Kier molecular flexibility index (Phi) is 7.62. The van der Waals surface area contributed by atoms with Gasteiger partial charge >= 0.3 is 0 Å². The molecule has 9 nitrogen and oxygen atoms in total. The molecule has 0 radical (unpaired) electrons. The number of carbonyl (C=O) groups is 1. The number of sulfonamides is 1. The Morgan fingerprint density at radius 1 is 0.914 bits per heavy atom. The van der Waals surface area contributed by atoms with Crippen LogP contribution in [0.1, 0.15) is 20.3 Å². The molecule has 0 aliphatic carbocycles. The molecule has 1 aliphatic heterocycles. The SMILES string of the molecule is CCOc1ccc(-c2ccc(N3CCN(S(=O)(=O)c4ccc(NC(=O)CC)cc4)CC3)nn2)cc1. The number of carbonyl (C=O) groups excluding carboxylic acids is 1. The highest BCUT2D eigenvalue weighted by molar-refractivity contribution is 7.89. The van der Waals surface area contributed by atoms with Crippen LogP contribution < -0.4 is 15.0 Å². The van der Waals surface area contributed by atoms with Crippen molar-refractivity contribution >= 4 is 27.4 Å². The largest absolute Gasteiger partial charge is 0.494 e. The van der Waals surface area contributed by atoms with Crippen LogP contribution in [0.2, 0.25) is 0 Å². The van der Waals surface area contributed by atoms with E-state index in [4.69, 9.17) is 4.74 Å². The maximum atomic E-state index is 13.1. The maximum absolute atomic E-state index is 13.1. The van der Waals surface area contributed by atoms with Gasteiger partial charge < -0.3 is 15.0 Å². The molecule has 1 fully saturated rings. The molecule has 2 heterocycles. The van der Waals surface area contributed by atoms with Crippen molar-refractivity contribution in [2.45, 2.75) is 25.2 Å². The van der Waals surface area contributed by atoms with E-state index in [0.29, 0.717) is 50.7 Å². The molecular weight excluding hydrogens is 466 g/mol. The van der Waals surface area contributed by atoms with Crippen LogP contribution in [0.15, 0.2) is 65.6 Å². The summed E-state index contributed by atoms with van der Waals surface area (Å²) in [6.45, 7) is 6.05. The first-order valence-corrected chi connectivity index (χ1v) is 13.1. The summed E-state index contributed by atoms with van der Waals surface area (Å²) < 4.78 is 33.1.